The molecular weight excluding hydrogens is 392 g/mol. The van der Waals surface area contributed by atoms with E-state index in [0.717, 1.165) is 28.3 Å². The summed E-state index contributed by atoms with van der Waals surface area (Å²) in [6.45, 7) is 6.56. The molecule has 1 N–H and O–H groups in total. The number of carbonyl (C=O) groups is 1. The average Bonchev–Trinajstić information content (AvgIpc) is 2.76. The lowest BCUT2D eigenvalue weighted by Gasteiger charge is -2.34. The van der Waals surface area contributed by atoms with Gasteiger partial charge in [0.25, 0.3) is 5.91 Å². The summed E-state index contributed by atoms with van der Waals surface area (Å²) in [5, 5.41) is 11.9. The Morgan fingerprint density at radius 2 is 1.87 bits per heavy atom. The summed E-state index contributed by atoms with van der Waals surface area (Å²) in [6.07, 6.45) is 3.12. The number of amides is 1. The zero-order valence-corrected chi connectivity index (χ0v) is 18.6. The van der Waals surface area contributed by atoms with Crippen molar-refractivity contribution < 1.29 is 4.79 Å². The first-order chi connectivity index (χ1) is 14.6. The lowest BCUT2D eigenvalue weighted by molar-refractivity contribution is -0.116. The van der Waals surface area contributed by atoms with Crippen LogP contribution in [0, 0.1) is 0 Å². The number of carbonyl (C=O) groups excluding carboxylic acids is 1. The quantitative estimate of drug-likeness (QED) is 0.722. The molecule has 0 aliphatic carbocycles. The molecule has 30 heavy (non-hydrogen) atoms. The Balaban J connectivity index is 1.75. The molecule has 0 aromatic heterocycles. The van der Waals surface area contributed by atoms with Crippen LogP contribution in [0.5, 0.6) is 0 Å². The fourth-order valence-electron chi connectivity index (χ4n) is 3.68. The molecule has 0 unspecified atom stereocenters. The van der Waals surface area contributed by atoms with E-state index in [0.29, 0.717) is 16.8 Å². The first-order valence-corrected chi connectivity index (χ1v) is 11.7. The minimum absolute atomic E-state index is 0.117. The van der Waals surface area contributed by atoms with Gasteiger partial charge in [0.1, 0.15) is 5.70 Å². The molecule has 0 radical (unpaired) electrons. The number of unbranched alkanes of at least 4 members (excludes halogenated alkanes) is 2. The number of rotatable bonds is 6. The molecule has 156 valence electrons. The summed E-state index contributed by atoms with van der Waals surface area (Å²) >= 11 is 1.60. The van der Waals surface area contributed by atoms with Gasteiger partial charge in [-0.1, -0.05) is 87.8 Å². The number of hydrazone groups is 1. The molecule has 2 aliphatic rings. The van der Waals surface area contributed by atoms with E-state index >= 15 is 0 Å². The second kappa shape index (κ2) is 9.04. The third-order valence-electron chi connectivity index (χ3n) is 5.40. The van der Waals surface area contributed by atoms with Gasteiger partial charge in [0.15, 0.2) is 11.3 Å². The summed E-state index contributed by atoms with van der Waals surface area (Å²) in [5.74, 6) is 1.29. The summed E-state index contributed by atoms with van der Waals surface area (Å²) in [5.41, 5.74) is 2.88. The molecule has 6 heteroatoms. The van der Waals surface area contributed by atoms with Gasteiger partial charge in [-0.3, -0.25) is 15.1 Å². The number of para-hydroxylation sites is 1. The van der Waals surface area contributed by atoms with Crippen molar-refractivity contribution in [2.75, 3.05) is 5.75 Å². The lowest BCUT2D eigenvalue weighted by atomic mass is 10.0. The van der Waals surface area contributed by atoms with E-state index in [1.165, 1.54) is 18.4 Å². The van der Waals surface area contributed by atoms with Gasteiger partial charge in [-0.05, 0) is 29.5 Å². The van der Waals surface area contributed by atoms with Crippen molar-refractivity contribution in [2.24, 2.45) is 10.1 Å². The molecule has 1 amide bonds. The second-order valence-electron chi connectivity index (χ2n) is 7.95. The van der Waals surface area contributed by atoms with Crippen LogP contribution in [-0.2, 0) is 4.79 Å². The molecule has 0 spiro atoms. The fourth-order valence-corrected chi connectivity index (χ4v) is 4.54. The minimum atomic E-state index is -0.353. The number of nitrogens with zero attached hydrogens (tertiary/aromatic N) is 3. The van der Waals surface area contributed by atoms with Gasteiger partial charge in [-0.2, -0.15) is 0 Å². The number of thioether (sulfide) groups is 1. The van der Waals surface area contributed by atoms with Crippen molar-refractivity contribution in [3.05, 3.63) is 70.2 Å². The van der Waals surface area contributed by atoms with Gasteiger partial charge in [0.05, 0.1) is 5.36 Å². The van der Waals surface area contributed by atoms with E-state index in [1.807, 2.05) is 24.3 Å². The van der Waals surface area contributed by atoms with E-state index in [1.54, 1.807) is 16.8 Å². The van der Waals surface area contributed by atoms with Crippen LogP contribution < -0.4 is 15.9 Å². The van der Waals surface area contributed by atoms with Crippen molar-refractivity contribution in [3.63, 3.8) is 0 Å². The van der Waals surface area contributed by atoms with Crippen molar-refractivity contribution in [3.8, 4) is 0 Å². The van der Waals surface area contributed by atoms with Crippen LogP contribution in [0.25, 0.3) is 5.70 Å². The van der Waals surface area contributed by atoms with Crippen molar-refractivity contribution in [2.45, 2.75) is 52.1 Å². The number of benzene rings is 2. The smallest absolute Gasteiger partial charge is 0.276 e. The van der Waals surface area contributed by atoms with Crippen molar-refractivity contribution in [1.29, 1.82) is 0 Å². The lowest BCUT2D eigenvalue weighted by Crippen LogP contribution is -2.50. The molecule has 0 fully saturated rings. The maximum absolute atomic E-state index is 13.1. The molecule has 0 saturated carbocycles. The molecule has 0 saturated heterocycles. The normalized spacial score (nSPS) is 17.8. The van der Waals surface area contributed by atoms with E-state index in [2.05, 4.69) is 50.4 Å². The van der Waals surface area contributed by atoms with Crippen LogP contribution in [-0.4, -0.2) is 21.8 Å². The van der Waals surface area contributed by atoms with Crippen LogP contribution >= 0.6 is 11.8 Å². The summed E-state index contributed by atoms with van der Waals surface area (Å²) < 4.78 is 0. The summed E-state index contributed by atoms with van der Waals surface area (Å²) in [7, 11) is 0. The zero-order chi connectivity index (χ0) is 21.1. The van der Waals surface area contributed by atoms with E-state index < -0.39 is 0 Å². The number of hydrogen-bond acceptors (Lipinski definition) is 5. The Bertz CT molecular complexity index is 1080. The number of amidine groups is 1. The number of hydrogen-bond donors (Lipinski definition) is 1. The summed E-state index contributed by atoms with van der Waals surface area (Å²) in [4.78, 5) is 18.0. The van der Waals surface area contributed by atoms with Crippen molar-refractivity contribution >= 4 is 28.5 Å². The van der Waals surface area contributed by atoms with Crippen LogP contribution in [0.1, 0.15) is 63.2 Å². The second-order valence-corrected chi connectivity index (χ2v) is 9.03. The molecule has 0 bridgehead atoms. The molecule has 2 aromatic carbocycles. The Morgan fingerprint density at radius 3 is 2.60 bits per heavy atom. The van der Waals surface area contributed by atoms with Gasteiger partial charge in [-0.15, -0.1) is 5.10 Å². The highest BCUT2D eigenvalue weighted by Crippen LogP contribution is 2.31. The Labute approximate surface area is 182 Å². The highest BCUT2D eigenvalue weighted by atomic mass is 32.2. The Kier molecular flexibility index (Phi) is 6.23. The Hall–Kier alpha value is -2.60. The largest absolute Gasteiger partial charge is 0.298 e. The molecule has 4 rings (SSSR count). The van der Waals surface area contributed by atoms with E-state index in [4.69, 9.17) is 10.1 Å². The van der Waals surface area contributed by atoms with Gasteiger partial charge < -0.3 is 0 Å². The zero-order valence-electron chi connectivity index (χ0n) is 17.8. The molecule has 2 aliphatic heterocycles. The Morgan fingerprint density at radius 1 is 1.10 bits per heavy atom. The summed E-state index contributed by atoms with van der Waals surface area (Å²) in [6, 6.07) is 16.3. The minimum Gasteiger partial charge on any atom is -0.298 e. The SMILES string of the molecule is CCCCCSC1=NN2C(=c3ccccc3=N[C@H]2c2ccc(C(C)C)cc2)C(=O)N1. The average molecular weight is 421 g/mol. The fraction of sp³-hybridized carbons (Fsp3) is 0.375. The molecule has 5 nitrogen and oxygen atoms in total. The first-order valence-electron chi connectivity index (χ1n) is 10.7. The molecule has 2 aromatic rings. The van der Waals surface area contributed by atoms with Crippen LogP contribution in [0.15, 0.2) is 58.6 Å². The maximum atomic E-state index is 13.1. The highest BCUT2D eigenvalue weighted by molar-refractivity contribution is 8.13. The van der Waals surface area contributed by atoms with Crippen LogP contribution in [0.4, 0.5) is 0 Å². The predicted octanol–water partition coefficient (Wildman–Crippen LogP) is 3.88. The number of fused-ring (bicyclic) bond motifs is 2. The van der Waals surface area contributed by atoms with Gasteiger partial charge >= 0.3 is 0 Å². The predicted molar refractivity (Wildman–Crippen MR) is 123 cm³/mol. The first kappa shape index (κ1) is 20.7. The van der Waals surface area contributed by atoms with Gasteiger partial charge in [0.2, 0.25) is 0 Å². The third-order valence-corrected chi connectivity index (χ3v) is 6.35. The van der Waals surface area contributed by atoms with Gasteiger partial charge in [0, 0.05) is 11.0 Å². The molecule has 1 atom stereocenters. The maximum Gasteiger partial charge on any atom is 0.276 e. The number of nitrogens with one attached hydrogen (secondary N) is 1. The van der Waals surface area contributed by atoms with E-state index in [-0.39, 0.29) is 12.1 Å². The van der Waals surface area contributed by atoms with Crippen molar-refractivity contribution in [1.82, 2.24) is 10.3 Å². The van der Waals surface area contributed by atoms with Crippen LogP contribution in [0.2, 0.25) is 0 Å². The van der Waals surface area contributed by atoms with E-state index in [9.17, 15) is 4.79 Å². The molecule has 2 heterocycles. The third kappa shape index (κ3) is 4.15. The molecular formula is C24H28N4OS. The monoisotopic (exact) mass is 420 g/mol. The van der Waals surface area contributed by atoms with Crippen LogP contribution in [0.3, 0.4) is 0 Å². The van der Waals surface area contributed by atoms with Gasteiger partial charge in [-0.25, -0.2) is 5.01 Å². The topological polar surface area (TPSA) is 57.1 Å². The standard InChI is InChI=1S/C24H28N4OS/c1-4-5-8-15-30-24-26-23(29)21-19-9-6-7-10-20(19)25-22(28(21)27-24)18-13-11-17(12-14-18)16(2)3/h6-7,9-14,16,22H,4-5,8,15H2,1-3H3,(H,26,27,29)/t22-/m1/s1. The highest BCUT2D eigenvalue weighted by Gasteiger charge is 2.34.